The molecule has 27 heavy (non-hydrogen) atoms. The molecule has 0 heterocycles. The number of rotatable bonds is 14. The highest BCUT2D eigenvalue weighted by Crippen LogP contribution is 2.04. The molecule has 2 atom stereocenters. The molecule has 0 spiro atoms. The van der Waals surface area contributed by atoms with Crippen LogP contribution in [0.15, 0.2) is 4.99 Å². The molecule has 0 saturated heterocycles. The molecule has 0 aromatic heterocycles. The molecule has 0 rings (SSSR count). The van der Waals surface area contributed by atoms with Crippen LogP contribution in [0.5, 0.6) is 0 Å². The maximum atomic E-state index is 12.4. The number of hydrogen-bond donors (Lipinski definition) is 4. The Morgan fingerprint density at radius 1 is 1.22 bits per heavy atom. The summed E-state index contributed by atoms with van der Waals surface area (Å²) in [6.45, 7) is 6.91. The average Bonchev–Trinajstić information content (AvgIpc) is 2.61. The number of nitrogens with one attached hydrogen (secondary N) is 3. The number of carbonyl (C=O) groups is 2. The van der Waals surface area contributed by atoms with Gasteiger partial charge >= 0.3 is 0 Å². The first-order valence-electron chi connectivity index (χ1n) is 9.58. The van der Waals surface area contributed by atoms with Crippen LogP contribution in [0.3, 0.4) is 0 Å². The van der Waals surface area contributed by atoms with Crippen molar-refractivity contribution in [3.63, 3.8) is 0 Å². The summed E-state index contributed by atoms with van der Waals surface area (Å²) in [4.78, 5) is 38.6. The van der Waals surface area contributed by atoms with Crippen molar-refractivity contribution in [3.05, 3.63) is 10.1 Å². The van der Waals surface area contributed by atoms with Crippen molar-refractivity contribution in [1.82, 2.24) is 16.1 Å². The zero-order chi connectivity index (χ0) is 20.7. The summed E-state index contributed by atoms with van der Waals surface area (Å²) in [5.74, 6) is -0.307. The van der Waals surface area contributed by atoms with E-state index in [1.54, 1.807) is 5.43 Å². The first-order chi connectivity index (χ1) is 12.8. The molecule has 0 radical (unpaired) electrons. The zero-order valence-corrected chi connectivity index (χ0v) is 16.6. The van der Waals surface area contributed by atoms with Gasteiger partial charge in [0.15, 0.2) is 5.03 Å². The standard InChI is InChI=1S/C17H34N6O4/c1-4-6-7-10-15(24)21-14(16(25)20-12-13(3)5-2)9-8-11-19-17(18)22-23(26)27/h13-14H,4-12H2,1-3H3,(H,20,25)(H,21,24)(H3,18,19,22)/t13?,14-/m0/s1. The fourth-order valence-corrected chi connectivity index (χ4v) is 2.24. The summed E-state index contributed by atoms with van der Waals surface area (Å²) < 4.78 is 0. The normalized spacial score (nSPS) is 13.5. The van der Waals surface area contributed by atoms with E-state index in [1.807, 2.05) is 13.8 Å². The number of aliphatic imine (C=N–C) groups is 1. The molecule has 0 fully saturated rings. The van der Waals surface area contributed by atoms with E-state index in [0.717, 1.165) is 25.7 Å². The van der Waals surface area contributed by atoms with Crippen molar-refractivity contribution < 1.29 is 14.6 Å². The van der Waals surface area contributed by atoms with Crippen LogP contribution < -0.4 is 21.8 Å². The Bertz CT molecular complexity index is 498. The number of nitro groups is 1. The number of carbonyl (C=O) groups excluding carboxylic acids is 2. The molecule has 10 heteroatoms. The lowest BCUT2D eigenvalue weighted by molar-refractivity contribution is -0.525. The quantitative estimate of drug-likeness (QED) is 0.115. The molecule has 2 amide bonds. The van der Waals surface area contributed by atoms with E-state index in [9.17, 15) is 19.7 Å². The highest BCUT2D eigenvalue weighted by Gasteiger charge is 2.20. The molecule has 10 nitrogen and oxygen atoms in total. The lowest BCUT2D eigenvalue weighted by atomic mass is 10.1. The van der Waals surface area contributed by atoms with E-state index >= 15 is 0 Å². The minimum atomic E-state index is -0.791. The molecule has 0 aromatic rings. The number of nitrogens with two attached hydrogens (primary N) is 1. The van der Waals surface area contributed by atoms with E-state index in [-0.39, 0.29) is 24.3 Å². The predicted molar refractivity (Wildman–Crippen MR) is 104 cm³/mol. The van der Waals surface area contributed by atoms with Crippen molar-refractivity contribution >= 4 is 17.8 Å². The lowest BCUT2D eigenvalue weighted by Gasteiger charge is -2.19. The number of unbranched alkanes of at least 4 members (excludes halogenated alkanes) is 2. The van der Waals surface area contributed by atoms with Crippen LogP contribution in [0, 0.1) is 16.0 Å². The first kappa shape index (κ1) is 24.6. The summed E-state index contributed by atoms with van der Waals surface area (Å²) in [7, 11) is 0. The summed E-state index contributed by atoms with van der Waals surface area (Å²) in [5.41, 5.74) is 7.10. The third-order valence-corrected chi connectivity index (χ3v) is 4.12. The Kier molecular flexibility index (Phi) is 13.4. The molecular formula is C17H34N6O4. The van der Waals surface area contributed by atoms with Crippen LogP contribution in [-0.2, 0) is 9.59 Å². The second kappa shape index (κ2) is 14.7. The van der Waals surface area contributed by atoms with Gasteiger partial charge in [0.05, 0.1) is 0 Å². The molecule has 0 saturated carbocycles. The van der Waals surface area contributed by atoms with Crippen molar-refractivity contribution in [2.24, 2.45) is 16.6 Å². The highest BCUT2D eigenvalue weighted by atomic mass is 16.7. The third kappa shape index (κ3) is 13.5. The Balaban J connectivity index is 4.59. The summed E-state index contributed by atoms with van der Waals surface area (Å²) in [6.07, 6.45) is 4.95. The van der Waals surface area contributed by atoms with Gasteiger partial charge < -0.3 is 16.4 Å². The van der Waals surface area contributed by atoms with Gasteiger partial charge in [0, 0.05) is 19.5 Å². The van der Waals surface area contributed by atoms with Gasteiger partial charge in [-0.15, -0.1) is 0 Å². The van der Waals surface area contributed by atoms with Crippen LogP contribution in [0.2, 0.25) is 0 Å². The average molecular weight is 386 g/mol. The fourth-order valence-electron chi connectivity index (χ4n) is 2.24. The van der Waals surface area contributed by atoms with Gasteiger partial charge in [0.2, 0.25) is 11.8 Å². The molecule has 0 aliphatic carbocycles. The monoisotopic (exact) mass is 386 g/mol. The Hall–Kier alpha value is -2.39. The van der Waals surface area contributed by atoms with Crippen LogP contribution in [-0.4, -0.2) is 41.9 Å². The van der Waals surface area contributed by atoms with Gasteiger partial charge in [-0.1, -0.05) is 45.5 Å². The number of guanidine groups is 1. The van der Waals surface area contributed by atoms with Gasteiger partial charge in [-0.05, 0) is 25.2 Å². The van der Waals surface area contributed by atoms with Gasteiger partial charge in [0.25, 0.3) is 5.96 Å². The van der Waals surface area contributed by atoms with Crippen molar-refractivity contribution in [1.29, 1.82) is 0 Å². The molecule has 5 N–H and O–H groups in total. The van der Waals surface area contributed by atoms with Crippen molar-refractivity contribution in [3.8, 4) is 0 Å². The van der Waals surface area contributed by atoms with Crippen LogP contribution in [0.1, 0.15) is 65.7 Å². The number of amides is 2. The number of hydrogen-bond acceptors (Lipinski definition) is 5. The maximum Gasteiger partial charge on any atom is 0.251 e. The van der Waals surface area contributed by atoms with Gasteiger partial charge in [-0.25, -0.2) is 15.1 Å². The van der Waals surface area contributed by atoms with Gasteiger partial charge in [-0.2, -0.15) is 0 Å². The van der Waals surface area contributed by atoms with E-state index in [1.165, 1.54) is 0 Å². The summed E-state index contributed by atoms with van der Waals surface area (Å²) in [5, 5.41) is 15.1. The molecule has 1 unspecified atom stereocenters. The first-order valence-corrected chi connectivity index (χ1v) is 9.58. The Labute approximate surface area is 160 Å². The summed E-state index contributed by atoms with van der Waals surface area (Å²) >= 11 is 0. The van der Waals surface area contributed by atoms with Gasteiger partial charge in [-0.3, -0.25) is 9.59 Å². The minimum Gasteiger partial charge on any atom is -0.365 e. The maximum absolute atomic E-state index is 12.4. The van der Waals surface area contributed by atoms with Crippen LogP contribution in [0.25, 0.3) is 0 Å². The third-order valence-electron chi connectivity index (χ3n) is 4.12. The van der Waals surface area contributed by atoms with Gasteiger partial charge in [0.1, 0.15) is 6.04 Å². The Morgan fingerprint density at radius 3 is 2.52 bits per heavy atom. The predicted octanol–water partition coefficient (Wildman–Crippen LogP) is 1.09. The molecule has 0 aliphatic rings. The molecule has 0 bridgehead atoms. The molecule has 0 aromatic carbocycles. The van der Waals surface area contributed by atoms with Crippen molar-refractivity contribution in [2.75, 3.05) is 13.1 Å². The van der Waals surface area contributed by atoms with Crippen molar-refractivity contribution in [2.45, 2.75) is 71.8 Å². The highest BCUT2D eigenvalue weighted by molar-refractivity contribution is 5.87. The summed E-state index contributed by atoms with van der Waals surface area (Å²) in [6, 6.07) is -0.650. The number of nitrogens with zero attached hydrogens (tertiary/aromatic N) is 2. The topological polar surface area (TPSA) is 152 Å². The van der Waals surface area contributed by atoms with E-state index in [0.29, 0.717) is 31.7 Å². The second-order valence-corrected chi connectivity index (χ2v) is 6.61. The van der Waals surface area contributed by atoms with Crippen LogP contribution >= 0.6 is 0 Å². The smallest absolute Gasteiger partial charge is 0.251 e. The minimum absolute atomic E-state index is 0.148. The molecule has 0 aliphatic heterocycles. The second-order valence-electron chi connectivity index (χ2n) is 6.61. The Morgan fingerprint density at radius 2 is 1.93 bits per heavy atom. The SMILES string of the molecule is CCCCCC(=O)N[C@@H](CCCN=C(N)N[N+](=O)[O-])C(=O)NCC(C)CC. The number of hydrazine groups is 1. The van der Waals surface area contributed by atoms with E-state index in [4.69, 9.17) is 5.73 Å². The van der Waals surface area contributed by atoms with Crippen LogP contribution in [0.4, 0.5) is 0 Å². The van der Waals surface area contributed by atoms with E-state index < -0.39 is 11.1 Å². The molecule has 156 valence electrons. The lowest BCUT2D eigenvalue weighted by Crippen LogP contribution is -2.47. The zero-order valence-electron chi connectivity index (χ0n) is 16.6. The van der Waals surface area contributed by atoms with E-state index in [2.05, 4.69) is 22.5 Å². The fraction of sp³-hybridized carbons (Fsp3) is 0.824. The largest absolute Gasteiger partial charge is 0.365 e. The molecular weight excluding hydrogens is 352 g/mol.